The fraction of sp³-hybridized carbons (Fsp3) is 0.533. The number of para-hydroxylation sites is 1. The quantitative estimate of drug-likeness (QED) is 0.904. The van der Waals surface area contributed by atoms with Gasteiger partial charge in [-0.25, -0.2) is 13.4 Å². The molecule has 1 aromatic carbocycles. The molecule has 0 amide bonds. The molecule has 2 N–H and O–H groups in total. The normalized spacial score (nSPS) is 20.0. The number of sulfone groups is 1. The SMILES string of the molecule is CS(=O)(=O)c1cccc2[nH]c(CCC3CCCNC3)nc12. The highest BCUT2D eigenvalue weighted by molar-refractivity contribution is 7.91. The standard InChI is InChI=1S/C15H21N3O2S/c1-21(19,20)13-6-2-5-12-15(13)18-14(17-12)8-7-11-4-3-9-16-10-11/h2,5-6,11,16H,3-4,7-10H2,1H3,(H,17,18). The van der Waals surface area contributed by atoms with E-state index in [1.165, 1.54) is 19.1 Å². The predicted molar refractivity (Wildman–Crippen MR) is 83.1 cm³/mol. The zero-order valence-corrected chi connectivity index (χ0v) is 13.0. The van der Waals surface area contributed by atoms with Crippen molar-refractivity contribution in [2.45, 2.75) is 30.6 Å². The van der Waals surface area contributed by atoms with Crippen molar-refractivity contribution >= 4 is 20.9 Å². The van der Waals surface area contributed by atoms with E-state index in [1.54, 1.807) is 12.1 Å². The van der Waals surface area contributed by atoms with Crippen LogP contribution >= 0.6 is 0 Å². The second-order valence-electron chi connectivity index (χ2n) is 5.86. The summed E-state index contributed by atoms with van der Waals surface area (Å²) in [7, 11) is -3.24. The number of aryl methyl sites for hydroxylation is 1. The topological polar surface area (TPSA) is 74.8 Å². The van der Waals surface area contributed by atoms with Crippen LogP contribution in [0.15, 0.2) is 23.1 Å². The molecule has 0 aliphatic carbocycles. The van der Waals surface area contributed by atoms with Gasteiger partial charge in [-0.05, 0) is 50.4 Å². The molecule has 0 radical (unpaired) electrons. The van der Waals surface area contributed by atoms with Gasteiger partial charge in [0.1, 0.15) is 11.3 Å². The number of piperidine rings is 1. The molecule has 1 fully saturated rings. The third-order valence-electron chi connectivity index (χ3n) is 4.11. The second kappa shape index (κ2) is 5.77. The summed E-state index contributed by atoms with van der Waals surface area (Å²) in [5.74, 6) is 1.58. The van der Waals surface area contributed by atoms with Gasteiger partial charge in [-0.3, -0.25) is 0 Å². The fourth-order valence-corrected chi connectivity index (χ4v) is 3.82. The Morgan fingerprint density at radius 3 is 2.95 bits per heavy atom. The number of nitrogens with zero attached hydrogens (tertiary/aromatic N) is 1. The summed E-state index contributed by atoms with van der Waals surface area (Å²) in [5.41, 5.74) is 1.37. The number of rotatable bonds is 4. The molecule has 1 atom stereocenters. The molecule has 21 heavy (non-hydrogen) atoms. The van der Waals surface area contributed by atoms with Crippen LogP contribution in [0.3, 0.4) is 0 Å². The van der Waals surface area contributed by atoms with Crippen LogP contribution < -0.4 is 5.32 Å². The Bertz CT molecular complexity index is 730. The van der Waals surface area contributed by atoms with Crippen LogP contribution in [0.4, 0.5) is 0 Å². The predicted octanol–water partition coefficient (Wildman–Crippen LogP) is 1.90. The summed E-state index contributed by atoms with van der Waals surface area (Å²) < 4.78 is 23.6. The lowest BCUT2D eigenvalue weighted by atomic mass is 9.95. The highest BCUT2D eigenvalue weighted by atomic mass is 32.2. The fourth-order valence-electron chi connectivity index (χ4n) is 2.99. The molecular weight excluding hydrogens is 286 g/mol. The van der Waals surface area contributed by atoms with Gasteiger partial charge in [0, 0.05) is 12.7 Å². The van der Waals surface area contributed by atoms with Gasteiger partial charge >= 0.3 is 0 Å². The average Bonchev–Trinajstić information content (AvgIpc) is 2.87. The maximum Gasteiger partial charge on any atom is 0.177 e. The van der Waals surface area contributed by atoms with E-state index in [4.69, 9.17) is 0 Å². The Kier molecular flexibility index (Phi) is 3.99. The molecule has 6 heteroatoms. The number of imidazole rings is 1. The zero-order valence-electron chi connectivity index (χ0n) is 12.2. The van der Waals surface area contributed by atoms with Gasteiger partial charge in [0.05, 0.1) is 10.4 Å². The average molecular weight is 307 g/mol. The van der Waals surface area contributed by atoms with Crippen LogP contribution in [0, 0.1) is 5.92 Å². The van der Waals surface area contributed by atoms with Crippen molar-refractivity contribution in [3.05, 3.63) is 24.0 Å². The van der Waals surface area contributed by atoms with E-state index in [1.807, 2.05) is 6.07 Å². The minimum Gasteiger partial charge on any atom is -0.342 e. The van der Waals surface area contributed by atoms with Gasteiger partial charge in [-0.15, -0.1) is 0 Å². The number of aromatic amines is 1. The summed E-state index contributed by atoms with van der Waals surface area (Å²) >= 11 is 0. The monoisotopic (exact) mass is 307 g/mol. The van der Waals surface area contributed by atoms with Gasteiger partial charge in [-0.1, -0.05) is 6.07 Å². The molecule has 114 valence electrons. The number of fused-ring (bicyclic) bond motifs is 1. The third kappa shape index (κ3) is 3.27. The molecule has 3 rings (SSSR count). The van der Waals surface area contributed by atoms with Gasteiger partial charge < -0.3 is 10.3 Å². The molecular formula is C15H21N3O2S. The number of hydrogen-bond acceptors (Lipinski definition) is 4. The van der Waals surface area contributed by atoms with E-state index in [0.717, 1.165) is 37.3 Å². The number of H-pyrrole nitrogens is 1. The molecule has 2 aromatic rings. The summed E-state index contributed by atoms with van der Waals surface area (Å²) in [6, 6.07) is 5.25. The van der Waals surface area contributed by atoms with E-state index >= 15 is 0 Å². The molecule has 1 saturated heterocycles. The third-order valence-corrected chi connectivity index (χ3v) is 5.24. The van der Waals surface area contributed by atoms with Gasteiger partial charge in [0.25, 0.3) is 0 Å². The first-order chi connectivity index (χ1) is 10.0. The number of benzene rings is 1. The van der Waals surface area contributed by atoms with Gasteiger partial charge in [0.15, 0.2) is 9.84 Å². The summed E-state index contributed by atoms with van der Waals surface area (Å²) in [5, 5.41) is 3.42. The van der Waals surface area contributed by atoms with E-state index < -0.39 is 9.84 Å². The lowest BCUT2D eigenvalue weighted by Crippen LogP contribution is -2.29. The minimum absolute atomic E-state index is 0.307. The molecule has 2 heterocycles. The van der Waals surface area contributed by atoms with Crippen molar-refractivity contribution in [3.8, 4) is 0 Å². The Balaban J connectivity index is 1.81. The Morgan fingerprint density at radius 2 is 2.24 bits per heavy atom. The Morgan fingerprint density at radius 1 is 1.38 bits per heavy atom. The van der Waals surface area contributed by atoms with E-state index in [9.17, 15) is 8.42 Å². The lowest BCUT2D eigenvalue weighted by molar-refractivity contribution is 0.356. The first-order valence-corrected chi connectivity index (χ1v) is 9.31. The zero-order chi connectivity index (χ0) is 14.9. The number of hydrogen-bond donors (Lipinski definition) is 2. The maximum atomic E-state index is 11.8. The van der Waals surface area contributed by atoms with Crippen molar-refractivity contribution in [2.24, 2.45) is 5.92 Å². The largest absolute Gasteiger partial charge is 0.342 e. The van der Waals surface area contributed by atoms with Gasteiger partial charge in [-0.2, -0.15) is 0 Å². The molecule has 1 aromatic heterocycles. The first kappa shape index (κ1) is 14.5. The van der Waals surface area contributed by atoms with Crippen molar-refractivity contribution in [2.75, 3.05) is 19.3 Å². The van der Waals surface area contributed by atoms with Crippen molar-refractivity contribution < 1.29 is 8.42 Å². The Hall–Kier alpha value is -1.40. The number of nitrogens with one attached hydrogen (secondary N) is 2. The molecule has 0 saturated carbocycles. The molecule has 1 unspecified atom stereocenters. The molecule has 0 bridgehead atoms. The van der Waals surface area contributed by atoms with Crippen LogP contribution in [0.1, 0.15) is 25.1 Å². The van der Waals surface area contributed by atoms with Crippen LogP contribution in [-0.2, 0) is 16.3 Å². The van der Waals surface area contributed by atoms with Crippen molar-refractivity contribution in [3.63, 3.8) is 0 Å². The van der Waals surface area contributed by atoms with Crippen molar-refractivity contribution in [1.29, 1.82) is 0 Å². The molecule has 5 nitrogen and oxygen atoms in total. The van der Waals surface area contributed by atoms with Crippen LogP contribution in [0.25, 0.3) is 11.0 Å². The summed E-state index contributed by atoms with van der Waals surface area (Å²) in [4.78, 5) is 8.07. The van der Waals surface area contributed by atoms with Crippen molar-refractivity contribution in [1.82, 2.24) is 15.3 Å². The molecule has 1 aliphatic heterocycles. The summed E-state index contributed by atoms with van der Waals surface area (Å²) in [6.45, 7) is 2.20. The van der Waals surface area contributed by atoms with E-state index in [2.05, 4.69) is 15.3 Å². The first-order valence-electron chi connectivity index (χ1n) is 7.42. The smallest absolute Gasteiger partial charge is 0.177 e. The van der Waals surface area contributed by atoms with E-state index in [-0.39, 0.29) is 0 Å². The minimum atomic E-state index is -3.24. The van der Waals surface area contributed by atoms with E-state index in [0.29, 0.717) is 16.3 Å². The summed E-state index contributed by atoms with van der Waals surface area (Å²) in [6.07, 6.45) is 5.68. The number of aromatic nitrogens is 2. The maximum absolute atomic E-state index is 11.8. The highest BCUT2D eigenvalue weighted by Crippen LogP contribution is 2.22. The molecule has 1 aliphatic rings. The Labute approximate surface area is 125 Å². The van der Waals surface area contributed by atoms with Crippen LogP contribution in [0.5, 0.6) is 0 Å². The van der Waals surface area contributed by atoms with Crippen LogP contribution in [0.2, 0.25) is 0 Å². The molecule has 0 spiro atoms. The van der Waals surface area contributed by atoms with Gasteiger partial charge in [0.2, 0.25) is 0 Å². The highest BCUT2D eigenvalue weighted by Gasteiger charge is 2.17. The second-order valence-corrected chi connectivity index (χ2v) is 7.84. The van der Waals surface area contributed by atoms with Crippen LogP contribution in [-0.4, -0.2) is 37.7 Å². The lowest BCUT2D eigenvalue weighted by Gasteiger charge is -2.22.